The van der Waals surface area contributed by atoms with Gasteiger partial charge in [-0.05, 0) is 55.7 Å². The van der Waals surface area contributed by atoms with Crippen molar-refractivity contribution >= 4 is 23.4 Å². The van der Waals surface area contributed by atoms with Crippen LogP contribution in [0.2, 0.25) is 5.02 Å². The van der Waals surface area contributed by atoms with Gasteiger partial charge in [0.2, 0.25) is 5.91 Å². The van der Waals surface area contributed by atoms with Gasteiger partial charge in [0.25, 0.3) is 5.91 Å². The fraction of sp³-hybridized carbons (Fsp3) is 0.391. The molecule has 0 bridgehead atoms. The largest absolute Gasteiger partial charge is 0.484 e. The quantitative estimate of drug-likeness (QED) is 0.585. The maximum Gasteiger partial charge on any atom is 0.261 e. The second-order valence-electron chi connectivity index (χ2n) is 7.08. The van der Waals surface area contributed by atoms with Crippen LogP contribution in [0.25, 0.3) is 0 Å². The zero-order valence-electron chi connectivity index (χ0n) is 17.3. The third-order valence-electron chi connectivity index (χ3n) is 4.59. The second-order valence-corrected chi connectivity index (χ2v) is 7.51. The van der Waals surface area contributed by atoms with Crippen molar-refractivity contribution in [2.45, 2.75) is 46.2 Å². The Kier molecular flexibility index (Phi) is 9.00. The van der Waals surface area contributed by atoms with Gasteiger partial charge in [-0.1, -0.05) is 49.2 Å². The Morgan fingerprint density at radius 3 is 2.62 bits per heavy atom. The summed E-state index contributed by atoms with van der Waals surface area (Å²) in [6.07, 6.45) is 1.89. The molecule has 0 fully saturated rings. The lowest BCUT2D eigenvalue weighted by atomic mass is 10.1. The number of halogens is 1. The Morgan fingerprint density at radius 2 is 1.93 bits per heavy atom. The number of carbonyl (C=O) groups excluding carboxylic acids is 2. The van der Waals surface area contributed by atoms with E-state index in [9.17, 15) is 9.59 Å². The van der Waals surface area contributed by atoms with Crippen molar-refractivity contribution in [2.24, 2.45) is 0 Å². The van der Waals surface area contributed by atoms with Crippen LogP contribution >= 0.6 is 11.6 Å². The Labute approximate surface area is 178 Å². The standard InChI is InChI=1S/C23H29ClN2O3/c1-4-5-12-25-23(28)18(3)26(15-19-9-7-10-20(24)14-19)22(27)16-29-21-11-6-8-17(2)13-21/h6-11,13-14,18H,4-5,12,15-16H2,1-3H3,(H,25,28). The molecule has 0 radical (unpaired) electrons. The molecular weight excluding hydrogens is 388 g/mol. The first-order chi connectivity index (χ1) is 13.9. The number of unbranched alkanes of at least 4 members (excludes halogenated alkanes) is 1. The van der Waals surface area contributed by atoms with Crippen molar-refractivity contribution in [3.8, 4) is 5.75 Å². The maximum absolute atomic E-state index is 13.0. The molecular formula is C23H29ClN2O3. The van der Waals surface area contributed by atoms with Gasteiger partial charge in [0.1, 0.15) is 11.8 Å². The summed E-state index contributed by atoms with van der Waals surface area (Å²) in [6, 6.07) is 14.2. The van der Waals surface area contributed by atoms with Crippen LogP contribution in [0.5, 0.6) is 5.75 Å². The number of rotatable bonds is 10. The molecule has 0 heterocycles. The van der Waals surface area contributed by atoms with E-state index in [2.05, 4.69) is 12.2 Å². The number of hydrogen-bond acceptors (Lipinski definition) is 3. The minimum Gasteiger partial charge on any atom is -0.484 e. The normalized spacial score (nSPS) is 11.6. The van der Waals surface area contributed by atoms with Gasteiger partial charge in [0.15, 0.2) is 6.61 Å². The summed E-state index contributed by atoms with van der Waals surface area (Å²) in [6.45, 7) is 6.49. The van der Waals surface area contributed by atoms with Crippen molar-refractivity contribution < 1.29 is 14.3 Å². The molecule has 2 rings (SSSR count). The first-order valence-electron chi connectivity index (χ1n) is 9.91. The summed E-state index contributed by atoms with van der Waals surface area (Å²) in [7, 11) is 0. The van der Waals surface area contributed by atoms with Crippen LogP contribution < -0.4 is 10.1 Å². The maximum atomic E-state index is 13.0. The summed E-state index contributed by atoms with van der Waals surface area (Å²) in [5.74, 6) is 0.190. The Balaban J connectivity index is 2.11. The highest BCUT2D eigenvalue weighted by atomic mass is 35.5. The Morgan fingerprint density at radius 1 is 1.17 bits per heavy atom. The summed E-state index contributed by atoms with van der Waals surface area (Å²) < 4.78 is 5.67. The Bertz CT molecular complexity index is 825. The third-order valence-corrected chi connectivity index (χ3v) is 4.83. The number of hydrogen-bond donors (Lipinski definition) is 1. The number of amides is 2. The molecule has 0 saturated carbocycles. The number of benzene rings is 2. The van der Waals surface area contributed by atoms with E-state index in [1.54, 1.807) is 19.1 Å². The molecule has 0 spiro atoms. The van der Waals surface area contributed by atoms with Crippen molar-refractivity contribution in [3.63, 3.8) is 0 Å². The molecule has 1 atom stereocenters. The summed E-state index contributed by atoms with van der Waals surface area (Å²) in [4.78, 5) is 27.1. The van der Waals surface area contributed by atoms with Crippen LogP contribution in [0.3, 0.4) is 0 Å². The van der Waals surface area contributed by atoms with Crippen LogP contribution in [0.1, 0.15) is 37.8 Å². The molecule has 29 heavy (non-hydrogen) atoms. The molecule has 1 N–H and O–H groups in total. The highest BCUT2D eigenvalue weighted by Crippen LogP contribution is 2.16. The van der Waals surface area contributed by atoms with Crippen molar-refractivity contribution in [1.82, 2.24) is 10.2 Å². The van der Waals surface area contributed by atoms with Crippen LogP contribution in [-0.2, 0) is 16.1 Å². The van der Waals surface area contributed by atoms with Gasteiger partial charge < -0.3 is 15.0 Å². The molecule has 2 aromatic rings. The van der Waals surface area contributed by atoms with Gasteiger partial charge in [-0.2, -0.15) is 0 Å². The number of nitrogens with zero attached hydrogens (tertiary/aromatic N) is 1. The monoisotopic (exact) mass is 416 g/mol. The molecule has 6 heteroatoms. The predicted octanol–water partition coefficient (Wildman–Crippen LogP) is 4.36. The first kappa shape index (κ1) is 22.8. The van der Waals surface area contributed by atoms with Gasteiger partial charge in [-0.3, -0.25) is 9.59 Å². The van der Waals surface area contributed by atoms with Crippen molar-refractivity contribution in [3.05, 3.63) is 64.7 Å². The van der Waals surface area contributed by atoms with E-state index in [4.69, 9.17) is 16.3 Å². The van der Waals surface area contributed by atoms with E-state index < -0.39 is 6.04 Å². The fourth-order valence-corrected chi connectivity index (χ4v) is 3.10. The lowest BCUT2D eigenvalue weighted by molar-refractivity contribution is -0.142. The highest BCUT2D eigenvalue weighted by Gasteiger charge is 2.26. The zero-order chi connectivity index (χ0) is 21.2. The van der Waals surface area contributed by atoms with Crippen molar-refractivity contribution in [1.29, 1.82) is 0 Å². The topological polar surface area (TPSA) is 58.6 Å². The van der Waals surface area contributed by atoms with Crippen molar-refractivity contribution in [2.75, 3.05) is 13.2 Å². The van der Waals surface area contributed by atoms with Gasteiger partial charge in [0, 0.05) is 18.1 Å². The number of carbonyl (C=O) groups is 2. The van der Waals surface area contributed by atoms with Crippen LogP contribution in [0, 0.1) is 6.92 Å². The van der Waals surface area contributed by atoms with Crippen LogP contribution in [-0.4, -0.2) is 35.9 Å². The van der Waals surface area contributed by atoms with E-state index in [-0.39, 0.29) is 25.0 Å². The van der Waals surface area contributed by atoms with E-state index in [1.165, 1.54) is 4.90 Å². The van der Waals surface area contributed by atoms with Gasteiger partial charge >= 0.3 is 0 Å². The Hall–Kier alpha value is -2.53. The predicted molar refractivity (Wildman–Crippen MR) is 116 cm³/mol. The van der Waals surface area contributed by atoms with E-state index in [0.717, 1.165) is 24.0 Å². The summed E-state index contributed by atoms with van der Waals surface area (Å²) in [5.41, 5.74) is 1.91. The van der Waals surface area contributed by atoms with Gasteiger partial charge in [-0.25, -0.2) is 0 Å². The lowest BCUT2D eigenvalue weighted by Crippen LogP contribution is -2.49. The summed E-state index contributed by atoms with van der Waals surface area (Å²) in [5, 5.41) is 3.49. The number of nitrogens with one attached hydrogen (secondary N) is 1. The molecule has 0 saturated heterocycles. The highest BCUT2D eigenvalue weighted by molar-refractivity contribution is 6.30. The average molecular weight is 417 g/mol. The van der Waals surface area contributed by atoms with Gasteiger partial charge in [-0.15, -0.1) is 0 Å². The molecule has 156 valence electrons. The second kappa shape index (κ2) is 11.5. The SMILES string of the molecule is CCCCNC(=O)C(C)N(Cc1cccc(Cl)c1)C(=O)COc1cccc(C)c1. The molecule has 2 aromatic carbocycles. The molecule has 0 aliphatic heterocycles. The molecule has 0 aliphatic rings. The van der Waals surface area contributed by atoms with Crippen LogP contribution in [0.15, 0.2) is 48.5 Å². The van der Waals surface area contributed by atoms with E-state index in [1.807, 2.05) is 43.3 Å². The fourth-order valence-electron chi connectivity index (χ4n) is 2.88. The molecule has 5 nitrogen and oxygen atoms in total. The average Bonchev–Trinajstić information content (AvgIpc) is 2.70. The van der Waals surface area contributed by atoms with E-state index >= 15 is 0 Å². The first-order valence-corrected chi connectivity index (χ1v) is 10.3. The summed E-state index contributed by atoms with van der Waals surface area (Å²) >= 11 is 6.08. The third kappa shape index (κ3) is 7.42. The lowest BCUT2D eigenvalue weighted by Gasteiger charge is -2.29. The number of aryl methyl sites for hydroxylation is 1. The molecule has 0 aliphatic carbocycles. The molecule has 1 unspecified atom stereocenters. The van der Waals surface area contributed by atoms with Crippen LogP contribution in [0.4, 0.5) is 0 Å². The minimum absolute atomic E-state index is 0.142. The minimum atomic E-state index is -0.626. The molecule has 2 amide bonds. The number of ether oxygens (including phenoxy) is 1. The van der Waals surface area contributed by atoms with E-state index in [0.29, 0.717) is 17.3 Å². The van der Waals surface area contributed by atoms with Gasteiger partial charge in [0.05, 0.1) is 0 Å². The zero-order valence-corrected chi connectivity index (χ0v) is 18.0. The smallest absolute Gasteiger partial charge is 0.261 e. The molecule has 0 aromatic heterocycles.